The Morgan fingerprint density at radius 3 is 2.28 bits per heavy atom. The Labute approximate surface area is 200 Å². The summed E-state index contributed by atoms with van der Waals surface area (Å²) in [6.07, 6.45) is 3.37. The Morgan fingerprint density at radius 1 is 0.906 bits per heavy atom. The van der Waals surface area contributed by atoms with Crippen LogP contribution in [-0.2, 0) is 0 Å². The van der Waals surface area contributed by atoms with Gasteiger partial charge in [0.25, 0.3) is 0 Å². The number of benzene rings is 2. The molecule has 32 heavy (non-hydrogen) atoms. The van der Waals surface area contributed by atoms with E-state index in [2.05, 4.69) is 21.4 Å². The van der Waals surface area contributed by atoms with Crippen LogP contribution >= 0.6 is 24.8 Å². The van der Waals surface area contributed by atoms with Crippen molar-refractivity contribution in [3.05, 3.63) is 60.2 Å². The summed E-state index contributed by atoms with van der Waals surface area (Å²) in [6, 6.07) is 20.3. The molecule has 168 valence electrons. The molecule has 5 rings (SSSR count). The van der Waals surface area contributed by atoms with Crippen LogP contribution in [0, 0.1) is 17.2 Å². The number of nitrogens with zero attached hydrogens (tertiary/aromatic N) is 3. The van der Waals surface area contributed by atoms with E-state index in [-0.39, 0.29) is 24.8 Å². The average molecular weight is 472 g/mol. The predicted molar refractivity (Wildman–Crippen MR) is 131 cm³/mol. The van der Waals surface area contributed by atoms with E-state index >= 15 is 0 Å². The fourth-order valence-corrected chi connectivity index (χ4v) is 4.58. The van der Waals surface area contributed by atoms with Crippen LogP contribution in [0.2, 0.25) is 0 Å². The second-order valence-electron chi connectivity index (χ2n) is 7.94. The summed E-state index contributed by atoms with van der Waals surface area (Å²) in [5.74, 6) is 3.03. The summed E-state index contributed by atoms with van der Waals surface area (Å²) in [6.45, 7) is 3.01. The highest BCUT2D eigenvalue weighted by Crippen LogP contribution is 2.39. The van der Waals surface area contributed by atoms with Gasteiger partial charge in [-0.3, -0.25) is 0 Å². The van der Waals surface area contributed by atoms with Gasteiger partial charge in [0.05, 0.1) is 6.04 Å². The quantitative estimate of drug-likeness (QED) is 0.531. The Bertz CT molecular complexity index is 1060. The molecule has 2 aromatic carbocycles. The molecule has 2 aliphatic heterocycles. The van der Waals surface area contributed by atoms with Crippen molar-refractivity contribution in [1.82, 2.24) is 15.1 Å². The largest absolute Gasteiger partial charge is 0.457 e. The second kappa shape index (κ2) is 10.7. The lowest BCUT2D eigenvalue weighted by molar-refractivity contribution is 0.231. The van der Waals surface area contributed by atoms with Crippen LogP contribution in [0.3, 0.4) is 0 Å². The lowest BCUT2D eigenvalue weighted by atomic mass is 9.87. The number of hydrogen-bond donors (Lipinski definition) is 2. The van der Waals surface area contributed by atoms with Gasteiger partial charge < -0.3 is 15.4 Å². The van der Waals surface area contributed by atoms with E-state index in [9.17, 15) is 5.26 Å². The molecule has 0 spiro atoms. The van der Waals surface area contributed by atoms with Crippen LogP contribution in [0.4, 0.5) is 5.82 Å². The monoisotopic (exact) mass is 471 g/mol. The number of anilines is 1. The van der Waals surface area contributed by atoms with Gasteiger partial charge in [-0.1, -0.05) is 18.2 Å². The smallest absolute Gasteiger partial charge is 0.143 e. The van der Waals surface area contributed by atoms with Crippen molar-refractivity contribution >= 4 is 30.6 Å². The molecule has 2 aliphatic rings. The molecule has 0 bridgehead atoms. The van der Waals surface area contributed by atoms with E-state index in [1.807, 2.05) is 54.6 Å². The van der Waals surface area contributed by atoms with Crippen molar-refractivity contribution in [2.24, 2.45) is 5.92 Å². The molecule has 1 aromatic heterocycles. The number of halogens is 2. The first-order valence-electron chi connectivity index (χ1n) is 10.6. The Hall–Kier alpha value is -2.72. The SMILES string of the molecule is Cl.Cl.N#Cc1c(-c2ccc(Oc3ccccc3)cc2)nn2c1NCCC2C1CCNCC1. The second-order valence-corrected chi connectivity index (χ2v) is 7.94. The number of nitriles is 1. The third-order valence-electron chi connectivity index (χ3n) is 6.10. The maximum Gasteiger partial charge on any atom is 0.143 e. The van der Waals surface area contributed by atoms with E-state index in [4.69, 9.17) is 9.84 Å². The Kier molecular flexibility index (Phi) is 8.03. The molecule has 1 fully saturated rings. The number of nitrogens with one attached hydrogen (secondary N) is 2. The van der Waals surface area contributed by atoms with Gasteiger partial charge in [0.2, 0.25) is 0 Å². The van der Waals surface area contributed by atoms with Crippen LogP contribution in [0.25, 0.3) is 11.3 Å². The predicted octanol–water partition coefficient (Wildman–Crippen LogP) is 5.41. The number of ether oxygens (including phenoxy) is 1. The zero-order valence-corrected chi connectivity index (χ0v) is 19.3. The minimum atomic E-state index is 0. The zero-order valence-electron chi connectivity index (χ0n) is 17.7. The first-order chi connectivity index (χ1) is 14.8. The van der Waals surface area contributed by atoms with Crippen molar-refractivity contribution in [1.29, 1.82) is 5.26 Å². The summed E-state index contributed by atoms with van der Waals surface area (Å²) in [5, 5.41) is 21.7. The number of hydrogen-bond acceptors (Lipinski definition) is 5. The third kappa shape index (κ3) is 4.71. The fraction of sp³-hybridized carbons (Fsp3) is 0.333. The van der Waals surface area contributed by atoms with E-state index < -0.39 is 0 Å². The van der Waals surface area contributed by atoms with Gasteiger partial charge in [-0.2, -0.15) is 10.4 Å². The first-order valence-corrected chi connectivity index (χ1v) is 10.6. The molecule has 6 nitrogen and oxygen atoms in total. The standard InChI is InChI=1S/C24H25N5O.2ClH/c25-16-21-23(18-6-8-20(9-7-18)30-19-4-2-1-3-5-19)28-29-22(12-15-27-24(21)29)17-10-13-26-14-11-17;;/h1-9,17,22,26-27H,10-15H2;2*1H. The minimum absolute atomic E-state index is 0. The molecule has 0 aliphatic carbocycles. The molecule has 1 saturated heterocycles. The van der Waals surface area contributed by atoms with Gasteiger partial charge in [-0.15, -0.1) is 24.8 Å². The number of aromatic nitrogens is 2. The highest BCUT2D eigenvalue weighted by atomic mass is 35.5. The summed E-state index contributed by atoms with van der Waals surface area (Å²) in [7, 11) is 0. The van der Waals surface area contributed by atoms with Crippen LogP contribution < -0.4 is 15.4 Å². The highest BCUT2D eigenvalue weighted by Gasteiger charge is 2.32. The molecular formula is C24H27Cl2N5O. The van der Waals surface area contributed by atoms with Gasteiger partial charge in [0.15, 0.2) is 0 Å². The minimum Gasteiger partial charge on any atom is -0.457 e. The summed E-state index contributed by atoms with van der Waals surface area (Å²) < 4.78 is 7.98. The number of fused-ring (bicyclic) bond motifs is 1. The summed E-state index contributed by atoms with van der Waals surface area (Å²) in [5.41, 5.74) is 2.30. The fourth-order valence-electron chi connectivity index (χ4n) is 4.58. The van der Waals surface area contributed by atoms with Gasteiger partial charge in [-0.25, -0.2) is 4.68 Å². The summed E-state index contributed by atoms with van der Waals surface area (Å²) >= 11 is 0. The molecule has 0 amide bonds. The van der Waals surface area contributed by atoms with Crippen molar-refractivity contribution in [2.45, 2.75) is 25.3 Å². The molecule has 3 heterocycles. The van der Waals surface area contributed by atoms with Crippen molar-refractivity contribution in [3.8, 4) is 28.8 Å². The maximum absolute atomic E-state index is 9.89. The third-order valence-corrected chi connectivity index (χ3v) is 6.10. The normalized spacial score (nSPS) is 17.7. The van der Waals surface area contributed by atoms with Gasteiger partial charge in [0.1, 0.15) is 34.6 Å². The van der Waals surface area contributed by atoms with Crippen LogP contribution in [0.1, 0.15) is 30.9 Å². The molecule has 1 unspecified atom stereocenters. The Morgan fingerprint density at radius 2 is 1.59 bits per heavy atom. The average Bonchev–Trinajstić information content (AvgIpc) is 3.19. The first kappa shape index (κ1) is 23.9. The van der Waals surface area contributed by atoms with Gasteiger partial charge in [-0.05, 0) is 74.7 Å². The van der Waals surface area contributed by atoms with Gasteiger partial charge >= 0.3 is 0 Å². The van der Waals surface area contributed by atoms with Crippen LogP contribution in [0.5, 0.6) is 11.5 Å². The molecule has 0 radical (unpaired) electrons. The van der Waals surface area contributed by atoms with Crippen molar-refractivity contribution in [3.63, 3.8) is 0 Å². The lowest BCUT2D eigenvalue weighted by Gasteiger charge is -2.34. The lowest BCUT2D eigenvalue weighted by Crippen LogP contribution is -2.36. The summed E-state index contributed by atoms with van der Waals surface area (Å²) in [4.78, 5) is 0. The van der Waals surface area contributed by atoms with Crippen LogP contribution in [-0.4, -0.2) is 29.4 Å². The number of piperidine rings is 1. The van der Waals surface area contributed by atoms with Crippen LogP contribution in [0.15, 0.2) is 54.6 Å². The number of para-hydroxylation sites is 1. The molecule has 0 saturated carbocycles. The molecule has 2 N–H and O–H groups in total. The van der Waals surface area contributed by atoms with E-state index in [0.717, 1.165) is 67.5 Å². The molecule has 8 heteroatoms. The molecular weight excluding hydrogens is 445 g/mol. The highest BCUT2D eigenvalue weighted by molar-refractivity contribution is 5.85. The Balaban J connectivity index is 0.00000144. The van der Waals surface area contributed by atoms with E-state index in [1.54, 1.807) is 0 Å². The zero-order chi connectivity index (χ0) is 20.3. The van der Waals surface area contributed by atoms with Gasteiger partial charge in [0, 0.05) is 12.1 Å². The van der Waals surface area contributed by atoms with E-state index in [0.29, 0.717) is 17.5 Å². The van der Waals surface area contributed by atoms with Crippen molar-refractivity contribution < 1.29 is 4.74 Å². The maximum atomic E-state index is 9.89. The number of rotatable bonds is 4. The molecule has 3 aromatic rings. The van der Waals surface area contributed by atoms with E-state index in [1.165, 1.54) is 0 Å². The molecule has 1 atom stereocenters. The van der Waals surface area contributed by atoms with Crippen molar-refractivity contribution in [2.75, 3.05) is 25.0 Å². The topological polar surface area (TPSA) is 74.9 Å².